The molecule has 1 aromatic carbocycles. The summed E-state index contributed by atoms with van der Waals surface area (Å²) in [7, 11) is 0. The largest absolute Gasteiger partial charge is 0.445 e. The number of amides is 1. The van der Waals surface area contributed by atoms with Crippen molar-refractivity contribution in [3.05, 3.63) is 35.9 Å². The third kappa shape index (κ3) is 4.23. The lowest BCUT2D eigenvalue weighted by Crippen LogP contribution is -2.30. The second-order valence-corrected chi connectivity index (χ2v) is 6.71. The first-order chi connectivity index (χ1) is 8.46. The van der Waals surface area contributed by atoms with Crippen LogP contribution in [0.2, 0.25) is 0 Å². The molecule has 1 amide bonds. The molecule has 1 saturated carbocycles. The van der Waals surface area contributed by atoms with Gasteiger partial charge < -0.3 is 10.1 Å². The quantitative estimate of drug-likeness (QED) is 0.866. The van der Waals surface area contributed by atoms with E-state index in [4.69, 9.17) is 39.5 Å². The highest BCUT2D eigenvalue weighted by atomic mass is 35.6. The van der Waals surface area contributed by atoms with E-state index < -0.39 is 9.89 Å². The van der Waals surface area contributed by atoms with Crippen LogP contribution in [0.1, 0.15) is 17.9 Å². The summed E-state index contributed by atoms with van der Waals surface area (Å²) in [6, 6.07) is 10.1. The summed E-state index contributed by atoms with van der Waals surface area (Å²) in [6.07, 6.45) is 0.358. The minimum atomic E-state index is -1.57. The Hall–Kier alpha value is -0.640. The number of hydrogen-bond donors (Lipinski definition) is 1. The lowest BCUT2D eigenvalue weighted by molar-refractivity contribution is 0.147. The standard InChI is InChI=1S/C12H12Cl3NO2/c13-12(14,15)7-18-11(17)16-10-6-9(10)8-4-2-1-3-5-8/h1-5,9-10H,6-7H2,(H,16,17). The molecule has 3 nitrogen and oxygen atoms in total. The van der Waals surface area contributed by atoms with Crippen molar-refractivity contribution in [2.75, 3.05) is 6.61 Å². The Morgan fingerprint density at radius 1 is 1.33 bits per heavy atom. The van der Waals surface area contributed by atoms with Crippen LogP contribution < -0.4 is 5.32 Å². The fourth-order valence-corrected chi connectivity index (χ4v) is 1.93. The van der Waals surface area contributed by atoms with Gasteiger partial charge in [0.05, 0.1) is 0 Å². The fraction of sp³-hybridized carbons (Fsp3) is 0.417. The van der Waals surface area contributed by atoms with Crippen LogP contribution in [0.3, 0.4) is 0 Å². The molecule has 0 heterocycles. The number of alkyl carbamates (subject to hydrolysis) is 1. The molecule has 2 atom stereocenters. The number of nitrogens with one attached hydrogen (secondary N) is 1. The Bertz CT molecular complexity index is 419. The smallest absolute Gasteiger partial charge is 0.407 e. The van der Waals surface area contributed by atoms with Crippen LogP contribution in [0.25, 0.3) is 0 Å². The van der Waals surface area contributed by atoms with Crippen molar-refractivity contribution in [1.29, 1.82) is 0 Å². The Kier molecular flexibility index (Phi) is 4.25. The third-order valence-electron chi connectivity index (χ3n) is 2.69. The van der Waals surface area contributed by atoms with E-state index in [-0.39, 0.29) is 12.6 Å². The van der Waals surface area contributed by atoms with Crippen LogP contribution in [-0.4, -0.2) is 22.5 Å². The molecule has 0 aliphatic heterocycles. The Morgan fingerprint density at radius 2 is 2.00 bits per heavy atom. The van der Waals surface area contributed by atoms with E-state index in [0.29, 0.717) is 5.92 Å². The maximum Gasteiger partial charge on any atom is 0.407 e. The summed E-state index contributed by atoms with van der Waals surface area (Å²) in [5.41, 5.74) is 1.21. The van der Waals surface area contributed by atoms with E-state index in [1.165, 1.54) is 5.56 Å². The second kappa shape index (κ2) is 5.55. The van der Waals surface area contributed by atoms with Crippen molar-refractivity contribution in [2.45, 2.75) is 22.2 Å². The highest BCUT2D eigenvalue weighted by Crippen LogP contribution is 2.40. The number of ether oxygens (including phenoxy) is 1. The summed E-state index contributed by atoms with van der Waals surface area (Å²) in [4.78, 5) is 11.4. The zero-order valence-corrected chi connectivity index (χ0v) is 11.7. The van der Waals surface area contributed by atoms with Crippen LogP contribution in [-0.2, 0) is 4.74 Å². The molecule has 1 fully saturated rings. The van der Waals surface area contributed by atoms with Crippen LogP contribution in [0.5, 0.6) is 0 Å². The van der Waals surface area contributed by atoms with E-state index in [1.807, 2.05) is 30.3 Å². The van der Waals surface area contributed by atoms with Crippen LogP contribution in [0, 0.1) is 0 Å². The Labute approximate surface area is 120 Å². The van der Waals surface area contributed by atoms with Gasteiger partial charge in [0.1, 0.15) is 6.61 Å². The topological polar surface area (TPSA) is 38.3 Å². The number of rotatable bonds is 3. The SMILES string of the molecule is O=C(NC1CC1c1ccccc1)OCC(Cl)(Cl)Cl. The maximum absolute atomic E-state index is 11.4. The molecular formula is C12H12Cl3NO2. The number of carbonyl (C=O) groups is 1. The van der Waals surface area contributed by atoms with Crippen molar-refractivity contribution in [1.82, 2.24) is 5.32 Å². The molecular weight excluding hydrogens is 296 g/mol. The molecule has 0 radical (unpaired) electrons. The molecule has 0 aromatic heterocycles. The average molecular weight is 309 g/mol. The zero-order valence-electron chi connectivity index (χ0n) is 9.41. The predicted octanol–water partition coefficient (Wildman–Crippen LogP) is 3.64. The summed E-state index contributed by atoms with van der Waals surface area (Å²) < 4.78 is 3.23. The van der Waals surface area contributed by atoms with Gasteiger partial charge in [0.15, 0.2) is 0 Å². The molecule has 2 rings (SSSR count). The maximum atomic E-state index is 11.4. The second-order valence-electron chi connectivity index (χ2n) is 4.20. The van der Waals surface area contributed by atoms with Crippen LogP contribution in [0.15, 0.2) is 30.3 Å². The molecule has 1 N–H and O–H groups in total. The van der Waals surface area contributed by atoms with Gasteiger partial charge in [0.25, 0.3) is 0 Å². The molecule has 1 aromatic rings. The highest BCUT2D eigenvalue weighted by Gasteiger charge is 2.40. The molecule has 18 heavy (non-hydrogen) atoms. The lowest BCUT2D eigenvalue weighted by atomic mass is 10.1. The van der Waals surface area contributed by atoms with Gasteiger partial charge in [-0.15, -0.1) is 0 Å². The van der Waals surface area contributed by atoms with Crippen molar-refractivity contribution in [3.63, 3.8) is 0 Å². The Morgan fingerprint density at radius 3 is 2.61 bits per heavy atom. The van der Waals surface area contributed by atoms with Gasteiger partial charge in [0, 0.05) is 12.0 Å². The van der Waals surface area contributed by atoms with Crippen molar-refractivity contribution < 1.29 is 9.53 Å². The summed E-state index contributed by atoms with van der Waals surface area (Å²) >= 11 is 16.4. The summed E-state index contributed by atoms with van der Waals surface area (Å²) in [5, 5.41) is 2.74. The first-order valence-corrected chi connectivity index (χ1v) is 6.64. The molecule has 1 aliphatic carbocycles. The molecule has 98 valence electrons. The molecule has 0 bridgehead atoms. The van der Waals surface area contributed by atoms with Gasteiger partial charge in [-0.2, -0.15) is 0 Å². The summed E-state index contributed by atoms with van der Waals surface area (Å²) in [6.45, 7) is -0.258. The first-order valence-electron chi connectivity index (χ1n) is 5.51. The average Bonchev–Trinajstić information content (AvgIpc) is 3.06. The first kappa shape index (κ1) is 13.8. The fourth-order valence-electron chi connectivity index (χ4n) is 1.76. The number of benzene rings is 1. The minimum absolute atomic E-state index is 0.107. The van der Waals surface area contributed by atoms with E-state index >= 15 is 0 Å². The minimum Gasteiger partial charge on any atom is -0.445 e. The molecule has 1 aliphatic rings. The van der Waals surface area contributed by atoms with Crippen LogP contribution >= 0.6 is 34.8 Å². The molecule has 0 spiro atoms. The number of hydrogen-bond acceptors (Lipinski definition) is 2. The van der Waals surface area contributed by atoms with Gasteiger partial charge in [-0.1, -0.05) is 65.1 Å². The van der Waals surface area contributed by atoms with Gasteiger partial charge in [-0.25, -0.2) is 4.79 Å². The van der Waals surface area contributed by atoms with Crippen molar-refractivity contribution >= 4 is 40.9 Å². The predicted molar refractivity (Wildman–Crippen MR) is 72.4 cm³/mol. The third-order valence-corrected chi connectivity index (χ3v) is 3.02. The molecule has 6 heteroatoms. The number of alkyl halides is 3. The van der Waals surface area contributed by atoms with Gasteiger partial charge in [0.2, 0.25) is 3.79 Å². The van der Waals surface area contributed by atoms with Gasteiger partial charge in [-0.3, -0.25) is 0 Å². The van der Waals surface area contributed by atoms with E-state index in [1.54, 1.807) is 0 Å². The van der Waals surface area contributed by atoms with Gasteiger partial charge >= 0.3 is 6.09 Å². The monoisotopic (exact) mass is 307 g/mol. The lowest BCUT2D eigenvalue weighted by Gasteiger charge is -2.11. The molecule has 2 unspecified atom stereocenters. The van der Waals surface area contributed by atoms with Crippen LogP contribution in [0.4, 0.5) is 4.79 Å². The normalized spacial score (nSPS) is 22.4. The molecule has 0 saturated heterocycles. The van der Waals surface area contributed by atoms with E-state index in [9.17, 15) is 4.79 Å². The number of halogens is 3. The van der Waals surface area contributed by atoms with Crippen molar-refractivity contribution in [3.8, 4) is 0 Å². The summed E-state index contributed by atoms with van der Waals surface area (Å²) in [5.74, 6) is 0.353. The highest BCUT2D eigenvalue weighted by molar-refractivity contribution is 6.67. The Balaban J connectivity index is 1.75. The van der Waals surface area contributed by atoms with Crippen molar-refractivity contribution in [2.24, 2.45) is 0 Å². The van der Waals surface area contributed by atoms with E-state index in [2.05, 4.69) is 5.32 Å². The zero-order chi connectivity index (χ0) is 13.2. The number of carbonyl (C=O) groups excluding carboxylic acids is 1. The van der Waals surface area contributed by atoms with Gasteiger partial charge in [-0.05, 0) is 12.0 Å². The van der Waals surface area contributed by atoms with E-state index in [0.717, 1.165) is 6.42 Å².